The molecule has 0 saturated heterocycles. The highest BCUT2D eigenvalue weighted by Crippen LogP contribution is 2.16. The molecule has 0 radical (unpaired) electrons. The Kier molecular flexibility index (Phi) is 47.9. The predicted octanol–water partition coefficient (Wildman–Crippen LogP) is 15.0. The average molecular weight is 858 g/mol. The Morgan fingerprint density at radius 2 is 0.738 bits per heavy atom. The van der Waals surface area contributed by atoms with Crippen molar-refractivity contribution in [3.63, 3.8) is 0 Å². The lowest BCUT2D eigenvalue weighted by molar-refractivity contribution is -0.132. The molecule has 0 spiro atoms. The zero-order valence-corrected chi connectivity index (χ0v) is 40.4. The van der Waals surface area contributed by atoms with Gasteiger partial charge < -0.3 is 25.7 Å². The van der Waals surface area contributed by atoms with Gasteiger partial charge in [0.05, 0.1) is 18.8 Å². The van der Waals surface area contributed by atoms with Crippen LogP contribution in [-0.2, 0) is 4.79 Å². The number of hydrogen-bond donors (Lipinski definition) is 5. The van der Waals surface area contributed by atoms with Crippen LogP contribution in [0.3, 0.4) is 0 Å². The van der Waals surface area contributed by atoms with E-state index >= 15 is 0 Å². The molecule has 5 N–H and O–H groups in total. The van der Waals surface area contributed by atoms with Crippen molar-refractivity contribution in [2.45, 2.75) is 289 Å². The number of hydrogen-bond acceptors (Lipinski definition) is 5. The van der Waals surface area contributed by atoms with Crippen LogP contribution >= 0.6 is 0 Å². The number of amides is 1. The van der Waals surface area contributed by atoms with Crippen LogP contribution in [0, 0.1) is 0 Å². The van der Waals surface area contributed by atoms with E-state index in [-0.39, 0.29) is 0 Å². The fourth-order valence-electron chi connectivity index (χ4n) is 8.04. The van der Waals surface area contributed by atoms with Crippen LogP contribution in [-0.4, -0.2) is 57.3 Å². The van der Waals surface area contributed by atoms with Crippen LogP contribution in [0.4, 0.5) is 0 Å². The molecule has 0 heterocycles. The largest absolute Gasteiger partial charge is 0.394 e. The summed E-state index contributed by atoms with van der Waals surface area (Å²) in [6.07, 6.45) is 61.8. The van der Waals surface area contributed by atoms with E-state index in [9.17, 15) is 25.2 Å². The van der Waals surface area contributed by atoms with Gasteiger partial charge in [-0.15, -0.1) is 0 Å². The number of carbonyl (C=O) groups excluding carboxylic acids is 1. The van der Waals surface area contributed by atoms with Crippen molar-refractivity contribution < 1.29 is 25.2 Å². The number of allylic oxidation sites excluding steroid dienone is 8. The first-order valence-corrected chi connectivity index (χ1v) is 26.5. The zero-order valence-electron chi connectivity index (χ0n) is 40.4. The summed E-state index contributed by atoms with van der Waals surface area (Å²) < 4.78 is 0. The number of rotatable bonds is 48. The van der Waals surface area contributed by atoms with E-state index in [2.05, 4.69) is 67.8 Å². The molecule has 6 heteroatoms. The van der Waals surface area contributed by atoms with Crippen LogP contribution in [0.1, 0.15) is 264 Å². The minimum absolute atomic E-state index is 0.360. The molecule has 358 valence electrons. The van der Waals surface area contributed by atoms with Gasteiger partial charge in [0.2, 0.25) is 5.91 Å². The molecule has 0 fully saturated rings. The monoisotopic (exact) mass is 858 g/mol. The van der Waals surface area contributed by atoms with Gasteiger partial charge in [0.15, 0.2) is 0 Å². The van der Waals surface area contributed by atoms with E-state index in [4.69, 9.17) is 0 Å². The van der Waals surface area contributed by atoms with Crippen molar-refractivity contribution >= 4 is 5.91 Å². The molecule has 0 aromatic rings. The Labute approximate surface area is 379 Å². The van der Waals surface area contributed by atoms with Gasteiger partial charge in [-0.05, 0) is 83.5 Å². The molecule has 0 bridgehead atoms. The van der Waals surface area contributed by atoms with E-state index in [0.29, 0.717) is 19.3 Å². The molecular weight excluding hydrogens is 755 g/mol. The maximum Gasteiger partial charge on any atom is 0.249 e. The first kappa shape index (κ1) is 59.3. The number of aliphatic hydroxyl groups excluding tert-OH is 4. The average Bonchev–Trinajstić information content (AvgIpc) is 3.26. The standard InChI is InChI=1S/C55H103NO5/c1-3-5-7-9-11-13-15-17-18-19-20-21-22-23-24-25-26-27-28-29-30-31-32-33-34-35-37-39-41-43-45-47-49-53(59)55(61)56-51(50-57)54(60)52(58)48-46-44-42-40-38-36-16-14-12-10-8-6-4-2/h14,16,20-21,23-24,40,42,51-54,57-60H,3-13,15,17-19,22,25-39,41,43-50H2,1-2H3,(H,56,61)/b16-14+,21-20-,24-23-,42-40+. The fourth-order valence-corrected chi connectivity index (χ4v) is 8.04. The van der Waals surface area contributed by atoms with Gasteiger partial charge in [-0.25, -0.2) is 0 Å². The van der Waals surface area contributed by atoms with Crippen LogP contribution in [0.15, 0.2) is 48.6 Å². The van der Waals surface area contributed by atoms with Gasteiger partial charge >= 0.3 is 0 Å². The third-order valence-electron chi connectivity index (χ3n) is 12.2. The topological polar surface area (TPSA) is 110 Å². The Balaban J connectivity index is 3.61. The van der Waals surface area contributed by atoms with Crippen LogP contribution in [0.25, 0.3) is 0 Å². The van der Waals surface area contributed by atoms with Crippen LogP contribution in [0.2, 0.25) is 0 Å². The Morgan fingerprint density at radius 1 is 0.410 bits per heavy atom. The van der Waals surface area contributed by atoms with Gasteiger partial charge in [-0.1, -0.05) is 229 Å². The minimum atomic E-state index is -1.29. The Morgan fingerprint density at radius 3 is 1.15 bits per heavy atom. The smallest absolute Gasteiger partial charge is 0.249 e. The molecular formula is C55H103NO5. The summed E-state index contributed by atoms with van der Waals surface area (Å²) in [7, 11) is 0. The van der Waals surface area contributed by atoms with Crippen molar-refractivity contribution in [2.75, 3.05) is 6.61 Å². The van der Waals surface area contributed by atoms with Crippen molar-refractivity contribution in [1.82, 2.24) is 5.32 Å². The van der Waals surface area contributed by atoms with E-state index in [1.54, 1.807) is 0 Å². The number of unbranched alkanes of at least 4 members (excludes halogenated alkanes) is 31. The molecule has 0 aliphatic rings. The lowest BCUT2D eigenvalue weighted by Gasteiger charge is -2.27. The second-order valence-electron chi connectivity index (χ2n) is 18.2. The normalized spacial score (nSPS) is 14.3. The summed E-state index contributed by atoms with van der Waals surface area (Å²) in [5.74, 6) is -0.597. The third kappa shape index (κ3) is 43.3. The molecule has 0 aromatic heterocycles. The van der Waals surface area contributed by atoms with Gasteiger partial charge in [0.25, 0.3) is 0 Å². The lowest BCUT2D eigenvalue weighted by Crippen LogP contribution is -2.53. The van der Waals surface area contributed by atoms with Crippen molar-refractivity contribution in [3.05, 3.63) is 48.6 Å². The highest BCUT2D eigenvalue weighted by molar-refractivity contribution is 5.80. The second-order valence-corrected chi connectivity index (χ2v) is 18.2. The summed E-state index contributed by atoms with van der Waals surface area (Å²) in [6.45, 7) is 4.02. The first-order valence-electron chi connectivity index (χ1n) is 26.5. The van der Waals surface area contributed by atoms with E-state index in [0.717, 1.165) is 51.4 Å². The molecule has 0 saturated carbocycles. The van der Waals surface area contributed by atoms with Crippen LogP contribution in [0.5, 0.6) is 0 Å². The molecule has 0 aliphatic carbocycles. The first-order chi connectivity index (χ1) is 30.0. The Bertz CT molecular complexity index is 1010. The molecule has 0 aromatic carbocycles. The fraction of sp³-hybridized carbons (Fsp3) is 0.836. The van der Waals surface area contributed by atoms with Crippen molar-refractivity contribution in [2.24, 2.45) is 0 Å². The van der Waals surface area contributed by atoms with Gasteiger partial charge in [0.1, 0.15) is 12.2 Å². The predicted molar refractivity (Wildman–Crippen MR) is 265 cm³/mol. The maximum atomic E-state index is 12.5. The zero-order chi connectivity index (χ0) is 44.5. The summed E-state index contributed by atoms with van der Waals surface area (Å²) in [5, 5.41) is 43.7. The van der Waals surface area contributed by atoms with E-state index < -0.39 is 36.9 Å². The highest BCUT2D eigenvalue weighted by atomic mass is 16.3. The lowest BCUT2D eigenvalue weighted by atomic mass is 10.00. The van der Waals surface area contributed by atoms with E-state index in [1.165, 1.54) is 180 Å². The van der Waals surface area contributed by atoms with Crippen molar-refractivity contribution in [3.8, 4) is 0 Å². The SMILES string of the molecule is CCCCCC/C=C/CC/C=C/CCCC(O)C(O)C(CO)NC(=O)C(O)CCCCCCCCCCCCCCCCCC/C=C\C/C=C\CCCCCCCCCCC. The second kappa shape index (κ2) is 49.3. The summed E-state index contributed by atoms with van der Waals surface area (Å²) >= 11 is 0. The molecule has 61 heavy (non-hydrogen) atoms. The number of aliphatic hydroxyl groups is 4. The summed E-state index contributed by atoms with van der Waals surface area (Å²) in [4.78, 5) is 12.5. The minimum Gasteiger partial charge on any atom is -0.394 e. The van der Waals surface area contributed by atoms with Gasteiger partial charge in [-0.3, -0.25) is 4.79 Å². The Hall–Kier alpha value is -1.73. The summed E-state index contributed by atoms with van der Waals surface area (Å²) in [6, 6.07) is -1.01. The molecule has 4 atom stereocenters. The van der Waals surface area contributed by atoms with Gasteiger partial charge in [-0.2, -0.15) is 0 Å². The van der Waals surface area contributed by atoms with Crippen molar-refractivity contribution in [1.29, 1.82) is 0 Å². The van der Waals surface area contributed by atoms with Crippen LogP contribution < -0.4 is 5.32 Å². The number of nitrogens with one attached hydrogen (secondary N) is 1. The summed E-state index contributed by atoms with van der Waals surface area (Å²) in [5.41, 5.74) is 0. The molecule has 4 unspecified atom stereocenters. The molecule has 0 rings (SSSR count). The molecule has 1 amide bonds. The molecule has 0 aliphatic heterocycles. The van der Waals surface area contributed by atoms with E-state index in [1.807, 2.05) is 0 Å². The van der Waals surface area contributed by atoms with Gasteiger partial charge in [0, 0.05) is 0 Å². The number of carbonyl (C=O) groups is 1. The quantitative estimate of drug-likeness (QED) is 0.0309. The maximum absolute atomic E-state index is 12.5. The third-order valence-corrected chi connectivity index (χ3v) is 12.2. The highest BCUT2D eigenvalue weighted by Gasteiger charge is 2.28. The molecule has 6 nitrogen and oxygen atoms in total.